The highest BCUT2D eigenvalue weighted by atomic mass is 32.2. The molecule has 0 bridgehead atoms. The van der Waals surface area contributed by atoms with Gasteiger partial charge in [0.15, 0.2) is 0 Å². The minimum absolute atomic E-state index is 0.182. The number of sulfonamides is 1. The van der Waals surface area contributed by atoms with Crippen molar-refractivity contribution in [3.8, 4) is 5.75 Å². The van der Waals surface area contributed by atoms with Crippen LogP contribution < -0.4 is 14.4 Å². The summed E-state index contributed by atoms with van der Waals surface area (Å²) in [6.45, 7) is 5.50. The minimum Gasteiger partial charge on any atom is -0.495 e. The van der Waals surface area contributed by atoms with Crippen LogP contribution in [0.2, 0.25) is 0 Å². The van der Waals surface area contributed by atoms with Gasteiger partial charge in [0.1, 0.15) is 11.8 Å². The number of benzene rings is 2. The van der Waals surface area contributed by atoms with Crippen molar-refractivity contribution in [1.82, 2.24) is 5.32 Å². The number of carbonyl (C=O) groups excluding carboxylic acids is 1. The molecule has 1 aliphatic rings. The van der Waals surface area contributed by atoms with Crippen molar-refractivity contribution in [3.63, 3.8) is 0 Å². The van der Waals surface area contributed by atoms with Crippen LogP contribution in [0.3, 0.4) is 0 Å². The number of ether oxygens (including phenoxy) is 1. The zero-order chi connectivity index (χ0) is 23.5. The van der Waals surface area contributed by atoms with Crippen molar-refractivity contribution < 1.29 is 17.9 Å². The first-order chi connectivity index (χ1) is 15.2. The van der Waals surface area contributed by atoms with Crippen LogP contribution in [0.1, 0.15) is 61.4 Å². The fourth-order valence-electron chi connectivity index (χ4n) is 4.44. The van der Waals surface area contributed by atoms with E-state index in [0.717, 1.165) is 34.5 Å². The number of hydrogen-bond acceptors (Lipinski definition) is 4. The lowest BCUT2D eigenvalue weighted by molar-refractivity contribution is -0.122. The van der Waals surface area contributed by atoms with Crippen molar-refractivity contribution in [2.24, 2.45) is 0 Å². The molecule has 1 amide bonds. The lowest BCUT2D eigenvalue weighted by Crippen LogP contribution is -2.48. The van der Waals surface area contributed by atoms with Crippen LogP contribution in [0.5, 0.6) is 5.75 Å². The Morgan fingerprint density at radius 1 is 1.12 bits per heavy atom. The Morgan fingerprint density at radius 2 is 1.81 bits per heavy atom. The first kappa shape index (κ1) is 24.1. The number of hydrogen-bond donors (Lipinski definition) is 1. The van der Waals surface area contributed by atoms with E-state index in [0.29, 0.717) is 17.9 Å². The fraction of sp³-hybridized carbons (Fsp3) is 0.480. The molecule has 0 aromatic heterocycles. The second kappa shape index (κ2) is 9.94. The zero-order valence-corrected chi connectivity index (χ0v) is 20.5. The number of nitrogens with one attached hydrogen (secondary N) is 1. The van der Waals surface area contributed by atoms with Gasteiger partial charge < -0.3 is 10.1 Å². The number of nitrogens with zero attached hydrogens (tertiary/aromatic N) is 1. The van der Waals surface area contributed by atoms with E-state index in [1.54, 1.807) is 19.1 Å². The molecule has 2 aromatic carbocycles. The minimum atomic E-state index is -3.74. The summed E-state index contributed by atoms with van der Waals surface area (Å²) < 4.78 is 32.0. The van der Waals surface area contributed by atoms with E-state index in [-0.39, 0.29) is 11.9 Å². The zero-order valence-electron chi connectivity index (χ0n) is 19.6. The van der Waals surface area contributed by atoms with Gasteiger partial charge in [-0.2, -0.15) is 0 Å². The molecule has 0 spiro atoms. The molecule has 0 unspecified atom stereocenters. The maximum atomic E-state index is 13.3. The molecule has 2 aromatic rings. The molecule has 174 valence electrons. The van der Waals surface area contributed by atoms with Crippen LogP contribution in [-0.2, 0) is 27.7 Å². The van der Waals surface area contributed by atoms with Gasteiger partial charge in [0.25, 0.3) is 0 Å². The summed E-state index contributed by atoms with van der Waals surface area (Å²) in [4.78, 5) is 13.3. The Morgan fingerprint density at radius 3 is 2.44 bits per heavy atom. The number of anilines is 1. The van der Waals surface area contributed by atoms with E-state index in [1.165, 1.54) is 31.1 Å². The average molecular weight is 459 g/mol. The van der Waals surface area contributed by atoms with Crippen molar-refractivity contribution in [3.05, 3.63) is 58.7 Å². The Balaban J connectivity index is 1.88. The molecule has 0 saturated carbocycles. The Kier molecular flexibility index (Phi) is 7.49. The molecule has 32 heavy (non-hydrogen) atoms. The van der Waals surface area contributed by atoms with Gasteiger partial charge in [0.2, 0.25) is 15.9 Å². The molecule has 0 fully saturated rings. The molecule has 1 N–H and O–H groups in total. The number of rotatable bonds is 8. The summed E-state index contributed by atoms with van der Waals surface area (Å²) in [7, 11) is -2.25. The number of aryl methyl sites for hydroxylation is 3. The predicted molar refractivity (Wildman–Crippen MR) is 129 cm³/mol. The van der Waals surface area contributed by atoms with E-state index in [1.807, 2.05) is 19.9 Å². The Hall–Kier alpha value is -2.54. The quantitative estimate of drug-likeness (QED) is 0.640. The van der Waals surface area contributed by atoms with Crippen LogP contribution in [0.25, 0.3) is 0 Å². The summed E-state index contributed by atoms with van der Waals surface area (Å²) in [5.41, 5.74) is 5.05. The van der Waals surface area contributed by atoms with Gasteiger partial charge in [-0.1, -0.05) is 31.2 Å². The molecule has 0 radical (unpaired) electrons. The van der Waals surface area contributed by atoms with Crippen LogP contribution in [0.4, 0.5) is 5.69 Å². The molecule has 6 nitrogen and oxygen atoms in total. The fourth-order valence-corrected chi connectivity index (χ4v) is 5.61. The summed E-state index contributed by atoms with van der Waals surface area (Å²) in [5.74, 6) is 0.0611. The van der Waals surface area contributed by atoms with Gasteiger partial charge in [0, 0.05) is 0 Å². The van der Waals surface area contributed by atoms with E-state index < -0.39 is 16.1 Å². The van der Waals surface area contributed by atoms with Crippen LogP contribution in [0, 0.1) is 6.92 Å². The molecular weight excluding hydrogens is 424 g/mol. The normalized spacial score (nSPS) is 15.4. The van der Waals surface area contributed by atoms with Crippen LogP contribution >= 0.6 is 0 Å². The van der Waals surface area contributed by atoms with Gasteiger partial charge >= 0.3 is 0 Å². The second-order valence-electron chi connectivity index (χ2n) is 8.61. The van der Waals surface area contributed by atoms with Crippen molar-refractivity contribution in [1.29, 1.82) is 0 Å². The van der Waals surface area contributed by atoms with Crippen LogP contribution in [-0.4, -0.2) is 33.7 Å². The van der Waals surface area contributed by atoms with E-state index in [4.69, 9.17) is 4.74 Å². The smallest absolute Gasteiger partial charge is 0.244 e. The van der Waals surface area contributed by atoms with E-state index >= 15 is 0 Å². The molecule has 7 heteroatoms. The highest BCUT2D eigenvalue weighted by Crippen LogP contribution is 2.33. The van der Waals surface area contributed by atoms with E-state index in [2.05, 4.69) is 23.5 Å². The summed E-state index contributed by atoms with van der Waals surface area (Å²) in [6.07, 6.45) is 6.42. The summed E-state index contributed by atoms with van der Waals surface area (Å²) >= 11 is 0. The van der Waals surface area contributed by atoms with Gasteiger partial charge in [-0.15, -0.1) is 0 Å². The Bertz CT molecular complexity index is 1080. The second-order valence-corrected chi connectivity index (χ2v) is 10.5. The third-order valence-electron chi connectivity index (χ3n) is 6.16. The van der Waals surface area contributed by atoms with Crippen molar-refractivity contribution >= 4 is 21.6 Å². The highest BCUT2D eigenvalue weighted by Gasteiger charge is 2.32. The van der Waals surface area contributed by atoms with E-state index in [9.17, 15) is 13.2 Å². The maximum absolute atomic E-state index is 13.3. The number of methoxy groups -OCH3 is 1. The third-order valence-corrected chi connectivity index (χ3v) is 7.39. The summed E-state index contributed by atoms with van der Waals surface area (Å²) in [6, 6.07) is 10.6. The standard InChI is InChI=1S/C25H34N2O4S/c1-6-22(21-13-12-19-9-7-8-10-20(19)16-21)26-25(28)18(3)27(32(5,29)30)23-15-17(2)11-14-24(23)31-4/h11-16,18,22H,6-10H2,1-5H3,(H,26,28)/t18-,22-/m1/s1. The van der Waals surface area contributed by atoms with Gasteiger partial charge in [-0.3, -0.25) is 9.10 Å². The highest BCUT2D eigenvalue weighted by molar-refractivity contribution is 7.92. The van der Waals surface area contributed by atoms with Crippen LogP contribution in [0.15, 0.2) is 36.4 Å². The van der Waals surface area contributed by atoms with Crippen molar-refractivity contribution in [2.45, 2.75) is 65.0 Å². The first-order valence-electron chi connectivity index (χ1n) is 11.2. The Labute approximate surface area is 192 Å². The molecule has 0 aliphatic heterocycles. The average Bonchev–Trinajstić information content (AvgIpc) is 2.76. The maximum Gasteiger partial charge on any atom is 0.244 e. The molecule has 1 aliphatic carbocycles. The molecule has 2 atom stereocenters. The lowest BCUT2D eigenvalue weighted by Gasteiger charge is -2.31. The molecule has 3 rings (SSSR count). The largest absolute Gasteiger partial charge is 0.495 e. The lowest BCUT2D eigenvalue weighted by atomic mass is 9.88. The van der Waals surface area contributed by atoms with Gasteiger partial charge in [-0.05, 0) is 80.3 Å². The molecule has 0 saturated heterocycles. The number of fused-ring (bicyclic) bond motifs is 1. The van der Waals surface area contributed by atoms with Crippen molar-refractivity contribution in [2.75, 3.05) is 17.7 Å². The first-order valence-corrected chi connectivity index (χ1v) is 13.1. The molecular formula is C25H34N2O4S. The monoisotopic (exact) mass is 458 g/mol. The topological polar surface area (TPSA) is 75.7 Å². The SMILES string of the molecule is CC[C@@H](NC(=O)[C@@H](C)N(c1cc(C)ccc1OC)S(C)(=O)=O)c1ccc2c(c1)CCCC2. The third kappa shape index (κ3) is 5.26. The van der Waals surface area contributed by atoms with Gasteiger partial charge in [-0.25, -0.2) is 8.42 Å². The number of amides is 1. The van der Waals surface area contributed by atoms with Gasteiger partial charge in [0.05, 0.1) is 25.1 Å². The molecule has 0 heterocycles. The number of carbonyl (C=O) groups is 1. The summed E-state index contributed by atoms with van der Waals surface area (Å²) in [5, 5.41) is 3.08. The predicted octanol–water partition coefficient (Wildman–Crippen LogP) is 4.30.